The first-order chi connectivity index (χ1) is 6.47. The first kappa shape index (κ1) is 11.5. The largest absolute Gasteiger partial charge is 0.390 e. The summed E-state index contributed by atoms with van der Waals surface area (Å²) in [6.45, 7) is 5.64. The minimum Gasteiger partial charge on any atom is -0.390 e. The first-order valence-corrected chi connectivity index (χ1v) is 5.85. The van der Waals surface area contributed by atoms with E-state index in [1.54, 1.807) is 11.8 Å². The number of pyridine rings is 1. The molecule has 0 radical (unpaired) electrons. The van der Waals surface area contributed by atoms with Crippen LogP contribution in [0.5, 0.6) is 0 Å². The van der Waals surface area contributed by atoms with Crippen LogP contribution in [0, 0.1) is 6.92 Å². The Bertz CT molecular complexity index is 294. The Morgan fingerprint density at radius 1 is 1.43 bits per heavy atom. The maximum absolute atomic E-state index is 9.51. The highest BCUT2D eigenvalue weighted by Gasteiger charge is 2.11. The molecule has 0 saturated heterocycles. The molecule has 1 aromatic heterocycles. The van der Waals surface area contributed by atoms with Gasteiger partial charge in [-0.25, -0.2) is 0 Å². The lowest BCUT2D eigenvalue weighted by Crippen LogP contribution is -2.21. The number of hydrogen-bond donors (Lipinski definition) is 1. The zero-order valence-corrected chi connectivity index (χ0v) is 9.77. The molecule has 0 aliphatic rings. The number of rotatable bonds is 4. The van der Waals surface area contributed by atoms with Crippen LogP contribution >= 0.6 is 11.8 Å². The van der Waals surface area contributed by atoms with Gasteiger partial charge >= 0.3 is 0 Å². The molecule has 78 valence electrons. The molecule has 1 heterocycles. The van der Waals surface area contributed by atoms with Crippen LogP contribution in [0.25, 0.3) is 0 Å². The van der Waals surface area contributed by atoms with Gasteiger partial charge in [-0.1, -0.05) is 6.07 Å². The molecule has 0 aliphatic carbocycles. The van der Waals surface area contributed by atoms with Gasteiger partial charge in [0, 0.05) is 17.2 Å². The third-order valence-electron chi connectivity index (χ3n) is 1.65. The molecule has 0 bridgehead atoms. The van der Waals surface area contributed by atoms with Gasteiger partial charge in [-0.15, -0.1) is 0 Å². The Morgan fingerprint density at radius 3 is 2.71 bits per heavy atom. The molecule has 0 fully saturated rings. The van der Waals surface area contributed by atoms with Crippen molar-refractivity contribution in [1.82, 2.24) is 4.98 Å². The molecule has 0 atom stereocenters. The number of aryl methyl sites for hydroxylation is 1. The SMILES string of the molecule is Cc1cccc(CSCC(C)(C)O)n1. The zero-order valence-electron chi connectivity index (χ0n) is 8.95. The smallest absolute Gasteiger partial charge is 0.0681 e. The molecule has 0 aliphatic heterocycles. The van der Waals surface area contributed by atoms with Crippen molar-refractivity contribution in [2.24, 2.45) is 0 Å². The van der Waals surface area contributed by atoms with E-state index in [0.29, 0.717) is 0 Å². The van der Waals surface area contributed by atoms with Crippen molar-refractivity contribution in [1.29, 1.82) is 0 Å². The van der Waals surface area contributed by atoms with Gasteiger partial charge in [-0.3, -0.25) is 4.98 Å². The van der Waals surface area contributed by atoms with Crippen molar-refractivity contribution in [2.45, 2.75) is 32.1 Å². The predicted molar refractivity (Wildman–Crippen MR) is 61.4 cm³/mol. The van der Waals surface area contributed by atoms with E-state index in [9.17, 15) is 5.11 Å². The maximum atomic E-state index is 9.51. The van der Waals surface area contributed by atoms with E-state index in [0.717, 1.165) is 22.9 Å². The number of hydrogen-bond acceptors (Lipinski definition) is 3. The third kappa shape index (κ3) is 4.63. The summed E-state index contributed by atoms with van der Waals surface area (Å²) in [6.07, 6.45) is 0. The molecule has 3 heteroatoms. The van der Waals surface area contributed by atoms with Crippen LogP contribution < -0.4 is 0 Å². The number of thioether (sulfide) groups is 1. The van der Waals surface area contributed by atoms with Crippen LogP contribution in [-0.2, 0) is 5.75 Å². The molecule has 2 nitrogen and oxygen atoms in total. The molecule has 0 unspecified atom stereocenters. The summed E-state index contributed by atoms with van der Waals surface area (Å²) in [7, 11) is 0. The molecule has 0 saturated carbocycles. The van der Waals surface area contributed by atoms with Crippen molar-refractivity contribution >= 4 is 11.8 Å². The average Bonchev–Trinajstić information content (AvgIpc) is 2.01. The van der Waals surface area contributed by atoms with Gasteiger partial charge in [0.2, 0.25) is 0 Å². The monoisotopic (exact) mass is 211 g/mol. The summed E-state index contributed by atoms with van der Waals surface area (Å²) in [4.78, 5) is 4.39. The molecule has 0 spiro atoms. The van der Waals surface area contributed by atoms with Crippen LogP contribution in [0.4, 0.5) is 0 Å². The summed E-state index contributed by atoms with van der Waals surface area (Å²) in [5.74, 6) is 1.61. The van der Waals surface area contributed by atoms with Gasteiger partial charge in [-0.05, 0) is 32.9 Å². The second-order valence-electron chi connectivity index (χ2n) is 4.08. The van der Waals surface area contributed by atoms with Gasteiger partial charge in [0.25, 0.3) is 0 Å². The minimum absolute atomic E-state index is 0.589. The van der Waals surface area contributed by atoms with Crippen molar-refractivity contribution < 1.29 is 5.11 Å². The average molecular weight is 211 g/mol. The summed E-state index contributed by atoms with van der Waals surface area (Å²) in [5.41, 5.74) is 1.54. The lowest BCUT2D eigenvalue weighted by molar-refractivity contribution is 0.107. The van der Waals surface area contributed by atoms with E-state index in [4.69, 9.17) is 0 Å². The molecular weight excluding hydrogens is 194 g/mol. The Hall–Kier alpha value is -0.540. The van der Waals surface area contributed by atoms with Gasteiger partial charge < -0.3 is 5.11 Å². The van der Waals surface area contributed by atoms with Crippen molar-refractivity contribution in [2.75, 3.05) is 5.75 Å². The highest BCUT2D eigenvalue weighted by atomic mass is 32.2. The van der Waals surface area contributed by atoms with Crippen molar-refractivity contribution in [3.8, 4) is 0 Å². The van der Waals surface area contributed by atoms with Crippen molar-refractivity contribution in [3.05, 3.63) is 29.6 Å². The van der Waals surface area contributed by atoms with E-state index in [2.05, 4.69) is 4.98 Å². The second kappa shape index (κ2) is 4.80. The normalized spacial score (nSPS) is 11.7. The quantitative estimate of drug-likeness (QED) is 0.830. The third-order valence-corrected chi connectivity index (χ3v) is 3.06. The summed E-state index contributed by atoms with van der Waals surface area (Å²) in [6, 6.07) is 6.02. The molecule has 1 rings (SSSR count). The fourth-order valence-electron chi connectivity index (χ4n) is 1.09. The lowest BCUT2D eigenvalue weighted by Gasteiger charge is -2.15. The first-order valence-electron chi connectivity index (χ1n) is 4.70. The second-order valence-corrected chi connectivity index (χ2v) is 5.06. The standard InChI is InChI=1S/C11H17NOS/c1-9-5-4-6-10(12-9)7-14-8-11(2,3)13/h4-6,13H,7-8H2,1-3H3. The van der Waals surface area contributed by atoms with Gasteiger partial charge in [0.15, 0.2) is 0 Å². The number of aromatic nitrogens is 1. The minimum atomic E-state index is -0.589. The fourth-order valence-corrected chi connectivity index (χ4v) is 2.06. The molecule has 1 N–H and O–H groups in total. The number of nitrogens with zero attached hydrogens (tertiary/aromatic N) is 1. The fraction of sp³-hybridized carbons (Fsp3) is 0.545. The van der Waals surface area contributed by atoms with Gasteiger partial charge in [0.1, 0.15) is 0 Å². The van der Waals surface area contributed by atoms with E-state index < -0.39 is 5.60 Å². The van der Waals surface area contributed by atoms with Crippen LogP contribution in [-0.4, -0.2) is 21.4 Å². The summed E-state index contributed by atoms with van der Waals surface area (Å²) < 4.78 is 0. The summed E-state index contributed by atoms with van der Waals surface area (Å²) >= 11 is 1.71. The number of aliphatic hydroxyl groups is 1. The van der Waals surface area contributed by atoms with Crippen LogP contribution in [0.2, 0.25) is 0 Å². The Morgan fingerprint density at radius 2 is 2.14 bits per heavy atom. The molecule has 0 aromatic carbocycles. The molecule has 14 heavy (non-hydrogen) atoms. The predicted octanol–water partition coefficient (Wildman–Crippen LogP) is 2.39. The van der Waals surface area contributed by atoms with E-state index in [1.165, 1.54) is 0 Å². The van der Waals surface area contributed by atoms with Crippen LogP contribution in [0.1, 0.15) is 25.2 Å². The summed E-state index contributed by atoms with van der Waals surface area (Å²) in [5, 5.41) is 9.51. The molecular formula is C11H17NOS. The van der Waals surface area contributed by atoms with Crippen LogP contribution in [0.15, 0.2) is 18.2 Å². The maximum Gasteiger partial charge on any atom is 0.0681 e. The zero-order chi connectivity index (χ0) is 10.6. The Kier molecular flexibility index (Phi) is 3.96. The Balaban J connectivity index is 2.39. The topological polar surface area (TPSA) is 33.1 Å². The van der Waals surface area contributed by atoms with E-state index >= 15 is 0 Å². The van der Waals surface area contributed by atoms with Gasteiger partial charge in [-0.2, -0.15) is 11.8 Å². The highest BCUT2D eigenvalue weighted by molar-refractivity contribution is 7.98. The molecule has 0 amide bonds. The Labute approximate surface area is 89.8 Å². The lowest BCUT2D eigenvalue weighted by atomic mass is 10.2. The van der Waals surface area contributed by atoms with E-state index in [1.807, 2.05) is 39.0 Å². The van der Waals surface area contributed by atoms with E-state index in [-0.39, 0.29) is 0 Å². The molecule has 1 aromatic rings. The van der Waals surface area contributed by atoms with Gasteiger partial charge in [0.05, 0.1) is 11.3 Å². The highest BCUT2D eigenvalue weighted by Crippen LogP contribution is 2.16. The van der Waals surface area contributed by atoms with Crippen LogP contribution in [0.3, 0.4) is 0 Å². The van der Waals surface area contributed by atoms with Crippen molar-refractivity contribution in [3.63, 3.8) is 0 Å².